The van der Waals surface area contributed by atoms with Gasteiger partial charge in [0.1, 0.15) is 17.2 Å². The Morgan fingerprint density at radius 3 is 2.88 bits per heavy atom. The van der Waals surface area contributed by atoms with Gasteiger partial charge in [-0.05, 0) is 30.7 Å². The van der Waals surface area contributed by atoms with Crippen molar-refractivity contribution in [2.45, 2.75) is 6.92 Å². The molecule has 0 radical (unpaired) electrons. The molecule has 0 aliphatic carbocycles. The number of rotatable bonds is 1. The van der Waals surface area contributed by atoms with Gasteiger partial charge in [-0.1, -0.05) is 6.07 Å². The summed E-state index contributed by atoms with van der Waals surface area (Å²) in [5, 5.41) is 0. The van der Waals surface area contributed by atoms with E-state index in [0.717, 1.165) is 11.2 Å². The standard InChI is InChI=1S/C12H11N3O/c1-8-4-2-6-15-11(13)10(14-12(8)15)9-5-3-7-16-9/h2-7H,13H2,1H3. The van der Waals surface area contributed by atoms with Crippen molar-refractivity contribution in [3.05, 3.63) is 42.3 Å². The molecule has 16 heavy (non-hydrogen) atoms. The first-order chi connectivity index (χ1) is 7.77. The molecule has 3 heterocycles. The van der Waals surface area contributed by atoms with E-state index in [0.29, 0.717) is 17.3 Å². The Labute approximate surface area is 92.3 Å². The topological polar surface area (TPSA) is 56.5 Å². The minimum absolute atomic E-state index is 0.605. The molecule has 0 aliphatic heterocycles. The number of fused-ring (bicyclic) bond motifs is 1. The molecule has 0 spiro atoms. The van der Waals surface area contributed by atoms with Crippen LogP contribution in [0, 0.1) is 6.92 Å². The Bertz CT molecular complexity index is 638. The number of nitrogens with zero attached hydrogens (tertiary/aromatic N) is 2. The van der Waals surface area contributed by atoms with Crippen LogP contribution in [0.4, 0.5) is 5.82 Å². The second-order valence-corrected chi connectivity index (χ2v) is 3.71. The molecule has 0 bridgehead atoms. The summed E-state index contributed by atoms with van der Waals surface area (Å²) in [5.41, 5.74) is 8.69. The first-order valence-corrected chi connectivity index (χ1v) is 5.04. The summed E-state index contributed by atoms with van der Waals surface area (Å²) in [6, 6.07) is 7.64. The van der Waals surface area contributed by atoms with Gasteiger partial charge in [-0.3, -0.25) is 4.40 Å². The molecular weight excluding hydrogens is 202 g/mol. The van der Waals surface area contributed by atoms with E-state index in [-0.39, 0.29) is 0 Å². The molecule has 3 aromatic rings. The molecule has 0 fully saturated rings. The predicted molar refractivity (Wildman–Crippen MR) is 62.0 cm³/mol. The molecule has 0 aromatic carbocycles. The lowest BCUT2D eigenvalue weighted by atomic mass is 10.3. The number of aromatic nitrogens is 2. The van der Waals surface area contributed by atoms with Gasteiger partial charge >= 0.3 is 0 Å². The maximum Gasteiger partial charge on any atom is 0.156 e. The quantitative estimate of drug-likeness (QED) is 0.675. The van der Waals surface area contributed by atoms with E-state index in [2.05, 4.69) is 4.98 Å². The van der Waals surface area contributed by atoms with Crippen LogP contribution in [0.5, 0.6) is 0 Å². The van der Waals surface area contributed by atoms with Gasteiger partial charge in [0.05, 0.1) is 6.26 Å². The highest BCUT2D eigenvalue weighted by Crippen LogP contribution is 2.27. The molecule has 3 aromatic heterocycles. The summed E-state index contributed by atoms with van der Waals surface area (Å²) in [4.78, 5) is 4.50. The van der Waals surface area contributed by atoms with E-state index < -0.39 is 0 Å². The van der Waals surface area contributed by atoms with Crippen molar-refractivity contribution in [1.82, 2.24) is 9.38 Å². The van der Waals surface area contributed by atoms with Gasteiger partial charge in [0.2, 0.25) is 0 Å². The summed E-state index contributed by atoms with van der Waals surface area (Å²) in [6.07, 6.45) is 3.52. The summed E-state index contributed by atoms with van der Waals surface area (Å²) >= 11 is 0. The van der Waals surface area contributed by atoms with Crippen LogP contribution in [0.2, 0.25) is 0 Å². The Morgan fingerprint density at radius 2 is 2.19 bits per heavy atom. The molecular formula is C12H11N3O. The van der Waals surface area contributed by atoms with Crippen molar-refractivity contribution in [1.29, 1.82) is 0 Å². The summed E-state index contributed by atoms with van der Waals surface area (Å²) in [6.45, 7) is 2.01. The number of nitrogen functional groups attached to an aromatic ring is 1. The molecule has 4 nitrogen and oxygen atoms in total. The van der Waals surface area contributed by atoms with Crippen molar-refractivity contribution >= 4 is 11.5 Å². The molecule has 4 heteroatoms. The largest absolute Gasteiger partial charge is 0.463 e. The van der Waals surface area contributed by atoms with Crippen molar-refractivity contribution in [3.8, 4) is 11.5 Å². The summed E-state index contributed by atoms with van der Waals surface area (Å²) in [5.74, 6) is 1.30. The van der Waals surface area contributed by atoms with Gasteiger partial charge in [0.25, 0.3) is 0 Å². The van der Waals surface area contributed by atoms with Crippen LogP contribution in [-0.4, -0.2) is 9.38 Å². The van der Waals surface area contributed by atoms with Crippen LogP contribution in [0.1, 0.15) is 5.56 Å². The summed E-state index contributed by atoms with van der Waals surface area (Å²) < 4.78 is 7.18. The molecule has 0 saturated heterocycles. The number of furan rings is 1. The average Bonchev–Trinajstić information content (AvgIpc) is 2.88. The number of aryl methyl sites for hydroxylation is 1. The van der Waals surface area contributed by atoms with Crippen LogP contribution in [0.25, 0.3) is 17.1 Å². The number of imidazole rings is 1. The lowest BCUT2D eigenvalue weighted by molar-refractivity contribution is 0.581. The Balaban J connectivity index is 2.36. The average molecular weight is 213 g/mol. The normalized spacial score (nSPS) is 11.1. The maximum atomic E-state index is 6.04. The third-order valence-corrected chi connectivity index (χ3v) is 2.64. The highest BCUT2D eigenvalue weighted by molar-refractivity contribution is 5.72. The van der Waals surface area contributed by atoms with E-state index in [1.807, 2.05) is 41.8 Å². The van der Waals surface area contributed by atoms with Crippen molar-refractivity contribution < 1.29 is 4.42 Å². The predicted octanol–water partition coefficient (Wildman–Crippen LogP) is 2.48. The number of hydrogen-bond donors (Lipinski definition) is 1. The van der Waals surface area contributed by atoms with Gasteiger partial charge in [-0.15, -0.1) is 0 Å². The van der Waals surface area contributed by atoms with Gasteiger partial charge in [-0.2, -0.15) is 0 Å². The van der Waals surface area contributed by atoms with Crippen molar-refractivity contribution in [2.24, 2.45) is 0 Å². The highest BCUT2D eigenvalue weighted by atomic mass is 16.3. The molecule has 0 aliphatic rings. The van der Waals surface area contributed by atoms with Crippen LogP contribution < -0.4 is 5.73 Å². The molecule has 0 saturated carbocycles. The molecule has 2 N–H and O–H groups in total. The first kappa shape index (κ1) is 9.03. The maximum absolute atomic E-state index is 6.04. The number of anilines is 1. The second kappa shape index (κ2) is 3.13. The van der Waals surface area contributed by atoms with Crippen LogP contribution >= 0.6 is 0 Å². The molecule has 80 valence electrons. The van der Waals surface area contributed by atoms with E-state index in [4.69, 9.17) is 10.2 Å². The van der Waals surface area contributed by atoms with E-state index in [1.165, 1.54) is 0 Å². The SMILES string of the molecule is Cc1cccn2c(N)c(-c3ccco3)nc12. The van der Waals surface area contributed by atoms with E-state index in [9.17, 15) is 0 Å². The van der Waals surface area contributed by atoms with E-state index >= 15 is 0 Å². The Morgan fingerprint density at radius 1 is 1.31 bits per heavy atom. The minimum atomic E-state index is 0.605. The number of nitrogens with two attached hydrogens (primary N) is 1. The fourth-order valence-electron chi connectivity index (χ4n) is 1.82. The second-order valence-electron chi connectivity index (χ2n) is 3.71. The summed E-state index contributed by atoms with van der Waals surface area (Å²) in [7, 11) is 0. The lowest BCUT2D eigenvalue weighted by Gasteiger charge is -1.97. The fourth-order valence-corrected chi connectivity index (χ4v) is 1.82. The zero-order valence-electron chi connectivity index (χ0n) is 8.84. The molecule has 3 rings (SSSR count). The Hall–Kier alpha value is -2.23. The third kappa shape index (κ3) is 1.13. The monoisotopic (exact) mass is 213 g/mol. The van der Waals surface area contributed by atoms with E-state index in [1.54, 1.807) is 6.26 Å². The zero-order valence-corrected chi connectivity index (χ0v) is 8.84. The Kier molecular flexibility index (Phi) is 1.77. The third-order valence-electron chi connectivity index (χ3n) is 2.64. The van der Waals surface area contributed by atoms with Gasteiger partial charge in [0, 0.05) is 6.20 Å². The van der Waals surface area contributed by atoms with Crippen molar-refractivity contribution in [3.63, 3.8) is 0 Å². The number of pyridine rings is 1. The van der Waals surface area contributed by atoms with Gasteiger partial charge in [0.15, 0.2) is 5.76 Å². The smallest absolute Gasteiger partial charge is 0.156 e. The van der Waals surface area contributed by atoms with Crippen LogP contribution in [0.15, 0.2) is 41.1 Å². The lowest BCUT2D eigenvalue weighted by Crippen LogP contribution is -1.93. The zero-order chi connectivity index (χ0) is 11.1. The molecule has 0 unspecified atom stereocenters. The van der Waals surface area contributed by atoms with Gasteiger partial charge in [-0.25, -0.2) is 4.98 Å². The molecule has 0 atom stereocenters. The van der Waals surface area contributed by atoms with Crippen LogP contribution in [-0.2, 0) is 0 Å². The van der Waals surface area contributed by atoms with Crippen LogP contribution in [0.3, 0.4) is 0 Å². The fraction of sp³-hybridized carbons (Fsp3) is 0.0833. The number of hydrogen-bond acceptors (Lipinski definition) is 3. The molecule has 0 amide bonds. The van der Waals surface area contributed by atoms with Crippen molar-refractivity contribution in [2.75, 3.05) is 5.73 Å². The first-order valence-electron chi connectivity index (χ1n) is 5.04. The highest BCUT2D eigenvalue weighted by Gasteiger charge is 2.13. The van der Waals surface area contributed by atoms with Gasteiger partial charge < -0.3 is 10.2 Å². The minimum Gasteiger partial charge on any atom is -0.463 e.